The van der Waals surface area contributed by atoms with E-state index >= 15 is 0 Å². The summed E-state index contributed by atoms with van der Waals surface area (Å²) in [6.07, 6.45) is 0. The molecule has 0 unspecified atom stereocenters. The van der Waals surface area contributed by atoms with E-state index in [4.69, 9.17) is 21.1 Å². The van der Waals surface area contributed by atoms with Crippen molar-refractivity contribution in [3.63, 3.8) is 0 Å². The molecule has 1 aromatic carbocycles. The van der Waals surface area contributed by atoms with Gasteiger partial charge in [0.25, 0.3) is 0 Å². The average Bonchev–Trinajstić information content (AvgIpc) is 2.27. The standard InChI is InChI=1S/C13H18ClNO2/c1-13(2,8-15-3)9-6-11-12(7-10(9)14)17-5-4-16-11/h6-7,15H,4-5,8H2,1-3H3. The fourth-order valence-electron chi connectivity index (χ4n) is 2.12. The SMILES string of the molecule is CNCC(C)(C)c1cc2c(cc1Cl)OCCO2. The van der Waals surface area contributed by atoms with Gasteiger partial charge in [-0.15, -0.1) is 0 Å². The summed E-state index contributed by atoms with van der Waals surface area (Å²) in [6.45, 7) is 6.34. The number of halogens is 1. The van der Waals surface area contributed by atoms with E-state index in [2.05, 4.69) is 19.2 Å². The minimum atomic E-state index is -0.0400. The first-order chi connectivity index (χ1) is 8.04. The van der Waals surface area contributed by atoms with Crippen LogP contribution in [0.15, 0.2) is 12.1 Å². The Balaban J connectivity index is 2.41. The van der Waals surface area contributed by atoms with Crippen LogP contribution < -0.4 is 14.8 Å². The zero-order valence-electron chi connectivity index (χ0n) is 10.5. The number of benzene rings is 1. The van der Waals surface area contributed by atoms with Gasteiger partial charge in [0, 0.05) is 23.0 Å². The Morgan fingerprint density at radius 2 is 1.82 bits per heavy atom. The van der Waals surface area contributed by atoms with Crippen LogP contribution in [0.5, 0.6) is 11.5 Å². The Kier molecular flexibility index (Phi) is 3.50. The van der Waals surface area contributed by atoms with E-state index in [-0.39, 0.29) is 5.41 Å². The van der Waals surface area contributed by atoms with Gasteiger partial charge in [-0.25, -0.2) is 0 Å². The summed E-state index contributed by atoms with van der Waals surface area (Å²) < 4.78 is 11.1. The van der Waals surface area contributed by atoms with E-state index in [0.717, 1.165) is 28.6 Å². The smallest absolute Gasteiger partial charge is 0.162 e. The molecule has 94 valence electrons. The number of hydrogen-bond donors (Lipinski definition) is 1. The molecule has 0 spiro atoms. The maximum atomic E-state index is 6.32. The first-order valence-corrected chi connectivity index (χ1v) is 6.16. The zero-order chi connectivity index (χ0) is 12.5. The third-order valence-corrected chi connectivity index (χ3v) is 3.29. The van der Waals surface area contributed by atoms with Crippen LogP contribution in [0, 0.1) is 0 Å². The van der Waals surface area contributed by atoms with Gasteiger partial charge in [0.15, 0.2) is 11.5 Å². The van der Waals surface area contributed by atoms with Gasteiger partial charge in [-0.05, 0) is 18.7 Å². The maximum Gasteiger partial charge on any atom is 0.162 e. The number of fused-ring (bicyclic) bond motifs is 1. The molecule has 1 aliphatic rings. The van der Waals surface area contributed by atoms with Gasteiger partial charge >= 0.3 is 0 Å². The average molecular weight is 256 g/mol. The molecule has 1 aromatic rings. The number of nitrogens with one attached hydrogen (secondary N) is 1. The Morgan fingerprint density at radius 3 is 2.41 bits per heavy atom. The first-order valence-electron chi connectivity index (χ1n) is 5.79. The molecule has 3 nitrogen and oxygen atoms in total. The van der Waals surface area contributed by atoms with Gasteiger partial charge in [-0.1, -0.05) is 25.4 Å². The molecule has 0 radical (unpaired) electrons. The van der Waals surface area contributed by atoms with Crippen LogP contribution in [0.1, 0.15) is 19.4 Å². The van der Waals surface area contributed by atoms with Crippen molar-refractivity contribution >= 4 is 11.6 Å². The second-order valence-corrected chi connectivity index (χ2v) is 5.30. The number of rotatable bonds is 3. The van der Waals surface area contributed by atoms with Crippen LogP contribution in [-0.2, 0) is 5.41 Å². The molecule has 4 heteroatoms. The van der Waals surface area contributed by atoms with Crippen LogP contribution in [0.2, 0.25) is 5.02 Å². The summed E-state index contributed by atoms with van der Waals surface area (Å²) in [5.41, 5.74) is 1.04. The molecule has 0 saturated carbocycles. The summed E-state index contributed by atoms with van der Waals surface area (Å²) in [7, 11) is 1.94. The lowest BCUT2D eigenvalue weighted by Crippen LogP contribution is -2.31. The van der Waals surface area contributed by atoms with Crippen molar-refractivity contribution in [2.75, 3.05) is 26.8 Å². The van der Waals surface area contributed by atoms with E-state index in [1.165, 1.54) is 0 Å². The highest BCUT2D eigenvalue weighted by atomic mass is 35.5. The maximum absolute atomic E-state index is 6.32. The molecule has 0 bridgehead atoms. The van der Waals surface area contributed by atoms with Gasteiger partial charge in [-0.2, -0.15) is 0 Å². The molecule has 1 aliphatic heterocycles. The monoisotopic (exact) mass is 255 g/mol. The molecule has 0 aliphatic carbocycles. The van der Waals surface area contributed by atoms with Crippen molar-refractivity contribution < 1.29 is 9.47 Å². The normalized spacial score (nSPS) is 14.8. The fraction of sp³-hybridized carbons (Fsp3) is 0.538. The lowest BCUT2D eigenvalue weighted by Gasteiger charge is -2.28. The highest BCUT2D eigenvalue weighted by molar-refractivity contribution is 6.31. The Bertz CT molecular complexity index is 418. The lowest BCUT2D eigenvalue weighted by molar-refractivity contribution is 0.171. The first kappa shape index (κ1) is 12.5. The summed E-state index contributed by atoms with van der Waals surface area (Å²) in [4.78, 5) is 0. The van der Waals surface area contributed by atoms with E-state index in [0.29, 0.717) is 13.2 Å². The molecule has 0 amide bonds. The van der Waals surface area contributed by atoms with Crippen molar-refractivity contribution in [3.05, 3.63) is 22.7 Å². The van der Waals surface area contributed by atoms with Crippen molar-refractivity contribution in [1.82, 2.24) is 5.32 Å². The van der Waals surface area contributed by atoms with Crippen molar-refractivity contribution in [1.29, 1.82) is 0 Å². The van der Waals surface area contributed by atoms with E-state index in [9.17, 15) is 0 Å². The molecule has 2 rings (SSSR count). The number of hydrogen-bond acceptors (Lipinski definition) is 3. The van der Waals surface area contributed by atoms with Crippen LogP contribution in [0.4, 0.5) is 0 Å². The minimum absolute atomic E-state index is 0.0400. The topological polar surface area (TPSA) is 30.5 Å². The highest BCUT2D eigenvalue weighted by Gasteiger charge is 2.25. The molecule has 0 atom stereocenters. The summed E-state index contributed by atoms with van der Waals surface area (Å²) >= 11 is 6.32. The molecule has 0 fully saturated rings. The number of likely N-dealkylation sites (N-methyl/N-ethyl adjacent to an activating group) is 1. The molecular formula is C13H18ClNO2. The summed E-state index contributed by atoms with van der Waals surface area (Å²) in [6, 6.07) is 3.84. The quantitative estimate of drug-likeness (QED) is 0.901. The van der Waals surface area contributed by atoms with Gasteiger partial charge in [-0.3, -0.25) is 0 Å². The van der Waals surface area contributed by atoms with E-state index in [1.54, 1.807) is 0 Å². The molecule has 0 saturated heterocycles. The molecule has 1 heterocycles. The van der Waals surface area contributed by atoms with Gasteiger partial charge < -0.3 is 14.8 Å². The van der Waals surface area contributed by atoms with Gasteiger partial charge in [0.2, 0.25) is 0 Å². The van der Waals surface area contributed by atoms with Crippen molar-refractivity contribution in [3.8, 4) is 11.5 Å². The van der Waals surface area contributed by atoms with E-state index < -0.39 is 0 Å². The third kappa shape index (κ3) is 2.50. The molecule has 17 heavy (non-hydrogen) atoms. The largest absolute Gasteiger partial charge is 0.486 e. The highest BCUT2D eigenvalue weighted by Crippen LogP contribution is 2.39. The van der Waals surface area contributed by atoms with Crippen LogP contribution in [-0.4, -0.2) is 26.8 Å². The minimum Gasteiger partial charge on any atom is -0.486 e. The van der Waals surface area contributed by atoms with Crippen molar-refractivity contribution in [2.24, 2.45) is 0 Å². The Morgan fingerprint density at radius 1 is 1.24 bits per heavy atom. The third-order valence-electron chi connectivity index (χ3n) is 2.98. The van der Waals surface area contributed by atoms with Crippen LogP contribution in [0.25, 0.3) is 0 Å². The summed E-state index contributed by atoms with van der Waals surface area (Å²) in [5.74, 6) is 1.53. The molecule has 1 N–H and O–H groups in total. The Hall–Kier alpha value is -0.930. The Labute approximate surface area is 107 Å². The predicted octanol–water partition coefficient (Wildman–Crippen LogP) is 2.61. The predicted molar refractivity (Wildman–Crippen MR) is 69.4 cm³/mol. The summed E-state index contributed by atoms with van der Waals surface area (Å²) in [5, 5.41) is 3.91. The molecular weight excluding hydrogens is 238 g/mol. The fourth-order valence-corrected chi connectivity index (χ4v) is 2.53. The lowest BCUT2D eigenvalue weighted by atomic mass is 9.84. The van der Waals surface area contributed by atoms with Crippen LogP contribution >= 0.6 is 11.6 Å². The second-order valence-electron chi connectivity index (χ2n) is 4.89. The number of ether oxygens (including phenoxy) is 2. The van der Waals surface area contributed by atoms with Gasteiger partial charge in [0.1, 0.15) is 13.2 Å². The van der Waals surface area contributed by atoms with Crippen molar-refractivity contribution in [2.45, 2.75) is 19.3 Å². The van der Waals surface area contributed by atoms with Gasteiger partial charge in [0.05, 0.1) is 0 Å². The van der Waals surface area contributed by atoms with E-state index in [1.807, 2.05) is 19.2 Å². The van der Waals surface area contributed by atoms with Crippen LogP contribution in [0.3, 0.4) is 0 Å². The zero-order valence-corrected chi connectivity index (χ0v) is 11.2. The molecule has 0 aromatic heterocycles. The second kappa shape index (κ2) is 4.75.